The Morgan fingerprint density at radius 3 is 2.54 bits per heavy atom. The Morgan fingerprint density at radius 2 is 1.88 bits per heavy atom. The number of nitrogen functional groups attached to an aromatic ring is 1. The molecule has 1 aromatic heterocycles. The number of hydrogen-bond acceptors (Lipinski definition) is 4. The molecule has 0 bridgehead atoms. The fourth-order valence-corrected chi connectivity index (χ4v) is 3.99. The van der Waals surface area contributed by atoms with Crippen LogP contribution in [0.25, 0.3) is 11.1 Å². The summed E-state index contributed by atoms with van der Waals surface area (Å²) in [5.41, 5.74) is 10.7. The fraction of sp³-hybridized carbons (Fsp3) is 0.190. The molecule has 0 aliphatic carbocycles. The summed E-state index contributed by atoms with van der Waals surface area (Å²) in [5, 5.41) is 3.52. The number of carbonyl (C=O) groups is 1. The van der Waals surface area contributed by atoms with E-state index in [4.69, 9.17) is 10.5 Å². The molecule has 3 rings (SSSR count). The zero-order valence-electron chi connectivity index (χ0n) is 15.1. The molecule has 1 heterocycles. The summed E-state index contributed by atoms with van der Waals surface area (Å²) in [6.07, 6.45) is 0. The number of hydrogen-bond donors (Lipinski definition) is 2. The first-order valence-corrected chi connectivity index (χ1v) is 9.19. The lowest BCUT2D eigenvalue weighted by Crippen LogP contribution is -2.23. The van der Waals surface area contributed by atoms with E-state index in [2.05, 4.69) is 5.32 Å². The predicted octanol–water partition coefficient (Wildman–Crippen LogP) is 4.55. The summed E-state index contributed by atoms with van der Waals surface area (Å²) in [5.74, 6) is 0.670. The molecule has 0 aliphatic heterocycles. The van der Waals surface area contributed by atoms with Gasteiger partial charge in [0.2, 0.25) is 0 Å². The van der Waals surface area contributed by atoms with Crippen LogP contribution < -0.4 is 15.8 Å². The second kappa shape index (κ2) is 7.62. The van der Waals surface area contributed by atoms with E-state index >= 15 is 0 Å². The van der Waals surface area contributed by atoms with Crippen LogP contribution in [0.1, 0.15) is 26.4 Å². The van der Waals surface area contributed by atoms with Gasteiger partial charge in [-0.05, 0) is 42.7 Å². The third kappa shape index (κ3) is 3.58. The number of methoxy groups -OCH3 is 1. The Labute approximate surface area is 157 Å². The molecule has 0 spiro atoms. The zero-order valence-corrected chi connectivity index (χ0v) is 15.9. The van der Waals surface area contributed by atoms with Gasteiger partial charge < -0.3 is 15.8 Å². The van der Waals surface area contributed by atoms with Crippen LogP contribution in [0.5, 0.6) is 5.75 Å². The van der Waals surface area contributed by atoms with Gasteiger partial charge in [0.25, 0.3) is 5.91 Å². The molecular formula is C21H22N2O2S. The summed E-state index contributed by atoms with van der Waals surface area (Å²) in [6, 6.07) is 15.7. The van der Waals surface area contributed by atoms with Crippen molar-refractivity contribution in [2.24, 2.45) is 0 Å². The average Bonchev–Trinajstić information content (AvgIpc) is 2.94. The van der Waals surface area contributed by atoms with Crippen LogP contribution in [0.15, 0.2) is 48.5 Å². The van der Waals surface area contributed by atoms with Gasteiger partial charge in [-0.2, -0.15) is 0 Å². The molecule has 0 fully saturated rings. The fourth-order valence-electron chi connectivity index (χ4n) is 3.04. The molecule has 0 aliphatic rings. The lowest BCUT2D eigenvalue weighted by atomic mass is 9.99. The first-order valence-electron chi connectivity index (χ1n) is 8.37. The first kappa shape index (κ1) is 18.0. The molecule has 0 saturated heterocycles. The van der Waals surface area contributed by atoms with Gasteiger partial charge in [0.05, 0.1) is 17.7 Å². The molecule has 1 amide bonds. The van der Waals surface area contributed by atoms with Gasteiger partial charge in [0.15, 0.2) is 0 Å². The summed E-state index contributed by atoms with van der Waals surface area (Å²) in [7, 11) is 1.65. The number of ether oxygens (including phenoxy) is 1. The smallest absolute Gasteiger partial charge is 0.255 e. The second-order valence-corrected chi connectivity index (χ2v) is 7.38. The molecule has 3 N–H and O–H groups in total. The summed E-state index contributed by atoms with van der Waals surface area (Å²) in [6.45, 7) is 4.45. The first-order chi connectivity index (χ1) is 12.5. The van der Waals surface area contributed by atoms with Crippen LogP contribution in [-0.4, -0.2) is 13.0 Å². The quantitative estimate of drug-likeness (QED) is 0.696. The summed E-state index contributed by atoms with van der Waals surface area (Å²) >= 11 is 1.44. The average molecular weight is 366 g/mol. The molecule has 26 heavy (non-hydrogen) atoms. The minimum absolute atomic E-state index is 0.154. The maximum absolute atomic E-state index is 12.8. The van der Waals surface area contributed by atoms with E-state index in [1.807, 2.05) is 62.4 Å². The third-order valence-corrected chi connectivity index (χ3v) is 5.25. The van der Waals surface area contributed by atoms with E-state index in [0.717, 1.165) is 32.9 Å². The van der Waals surface area contributed by atoms with E-state index in [-0.39, 0.29) is 5.91 Å². The van der Waals surface area contributed by atoms with Gasteiger partial charge in [0.1, 0.15) is 5.75 Å². The molecule has 0 saturated carbocycles. The minimum Gasteiger partial charge on any atom is -0.496 e. The third-order valence-electron chi connectivity index (χ3n) is 4.32. The van der Waals surface area contributed by atoms with E-state index in [1.165, 1.54) is 11.3 Å². The van der Waals surface area contributed by atoms with E-state index in [9.17, 15) is 4.79 Å². The van der Waals surface area contributed by atoms with Crippen molar-refractivity contribution in [2.45, 2.75) is 20.4 Å². The van der Waals surface area contributed by atoms with Gasteiger partial charge in [-0.3, -0.25) is 4.79 Å². The number of carbonyl (C=O) groups excluding carboxylic acids is 1. The van der Waals surface area contributed by atoms with Crippen LogP contribution in [0, 0.1) is 13.8 Å². The summed E-state index contributed by atoms with van der Waals surface area (Å²) < 4.78 is 5.34. The summed E-state index contributed by atoms with van der Waals surface area (Å²) in [4.78, 5) is 13.9. The molecule has 5 heteroatoms. The second-order valence-electron chi connectivity index (χ2n) is 6.13. The van der Waals surface area contributed by atoms with Gasteiger partial charge in [-0.25, -0.2) is 0 Å². The molecular weight excluding hydrogens is 344 g/mol. The number of nitrogens with two attached hydrogens (primary N) is 1. The van der Waals surface area contributed by atoms with Crippen molar-refractivity contribution in [2.75, 3.05) is 12.8 Å². The van der Waals surface area contributed by atoms with Crippen molar-refractivity contribution in [3.8, 4) is 16.9 Å². The van der Waals surface area contributed by atoms with Gasteiger partial charge in [0, 0.05) is 17.0 Å². The molecule has 2 aromatic carbocycles. The van der Waals surface area contributed by atoms with Crippen molar-refractivity contribution in [3.63, 3.8) is 0 Å². The van der Waals surface area contributed by atoms with Crippen LogP contribution >= 0.6 is 11.3 Å². The minimum atomic E-state index is -0.154. The maximum Gasteiger partial charge on any atom is 0.255 e. The number of amides is 1. The predicted molar refractivity (Wildman–Crippen MR) is 108 cm³/mol. The highest BCUT2D eigenvalue weighted by atomic mass is 32.1. The Morgan fingerprint density at radius 1 is 1.15 bits per heavy atom. The Balaban J connectivity index is 1.93. The Bertz CT molecular complexity index is 933. The van der Waals surface area contributed by atoms with Gasteiger partial charge in [-0.1, -0.05) is 36.4 Å². The van der Waals surface area contributed by atoms with Crippen molar-refractivity contribution in [3.05, 3.63) is 70.1 Å². The van der Waals surface area contributed by atoms with Crippen LogP contribution in [0.2, 0.25) is 0 Å². The lowest BCUT2D eigenvalue weighted by molar-refractivity contribution is 0.0952. The highest BCUT2D eigenvalue weighted by molar-refractivity contribution is 7.16. The topological polar surface area (TPSA) is 64.3 Å². The molecule has 0 unspecified atom stereocenters. The van der Waals surface area contributed by atoms with Gasteiger partial charge in [-0.15, -0.1) is 11.3 Å². The van der Waals surface area contributed by atoms with E-state index < -0.39 is 0 Å². The van der Waals surface area contributed by atoms with Crippen molar-refractivity contribution < 1.29 is 9.53 Å². The zero-order chi connectivity index (χ0) is 18.7. The van der Waals surface area contributed by atoms with E-state index in [1.54, 1.807) is 7.11 Å². The highest BCUT2D eigenvalue weighted by Crippen LogP contribution is 2.39. The van der Waals surface area contributed by atoms with Crippen LogP contribution in [0.3, 0.4) is 0 Å². The molecule has 3 aromatic rings. The highest BCUT2D eigenvalue weighted by Gasteiger charge is 2.22. The molecule has 0 radical (unpaired) electrons. The normalized spacial score (nSPS) is 10.6. The number of nitrogens with one attached hydrogen (secondary N) is 1. The standard InChI is InChI=1S/C21H22N2O2S/c1-13-11-16(9-10-17(13)25-3)18-14(2)26-20(22)19(18)21(24)23-12-15-7-5-4-6-8-15/h4-11H,12,22H2,1-3H3,(H,23,24). The van der Waals surface area contributed by atoms with Gasteiger partial charge >= 0.3 is 0 Å². The Hall–Kier alpha value is -2.79. The lowest BCUT2D eigenvalue weighted by Gasteiger charge is -2.11. The van der Waals surface area contributed by atoms with Crippen molar-refractivity contribution in [1.82, 2.24) is 5.32 Å². The maximum atomic E-state index is 12.8. The largest absolute Gasteiger partial charge is 0.496 e. The van der Waals surface area contributed by atoms with Crippen LogP contribution in [-0.2, 0) is 6.54 Å². The molecule has 4 nitrogen and oxygen atoms in total. The number of aryl methyl sites for hydroxylation is 2. The number of rotatable bonds is 5. The van der Waals surface area contributed by atoms with Crippen molar-refractivity contribution in [1.29, 1.82) is 0 Å². The molecule has 134 valence electrons. The molecule has 0 atom stereocenters. The number of thiophene rings is 1. The SMILES string of the molecule is COc1ccc(-c2c(C)sc(N)c2C(=O)NCc2ccccc2)cc1C. The van der Waals surface area contributed by atoms with Crippen molar-refractivity contribution >= 4 is 22.2 Å². The number of anilines is 1. The monoisotopic (exact) mass is 366 g/mol. The van der Waals surface area contributed by atoms with E-state index in [0.29, 0.717) is 17.1 Å². The Kier molecular flexibility index (Phi) is 5.28. The van der Waals surface area contributed by atoms with Crippen LogP contribution in [0.4, 0.5) is 5.00 Å². The number of benzene rings is 2.